The van der Waals surface area contributed by atoms with Crippen LogP contribution in [-0.2, 0) is 11.2 Å². The van der Waals surface area contributed by atoms with E-state index in [1.54, 1.807) is 4.90 Å². The van der Waals surface area contributed by atoms with Gasteiger partial charge in [0.25, 0.3) is 0 Å². The van der Waals surface area contributed by atoms with Crippen LogP contribution in [0.2, 0.25) is 0 Å². The Morgan fingerprint density at radius 3 is 2.53 bits per heavy atom. The maximum Gasteiger partial charge on any atom is 0.246 e. The normalized spacial score (nSPS) is 13.6. The van der Waals surface area contributed by atoms with E-state index in [2.05, 4.69) is 16.7 Å². The van der Waals surface area contributed by atoms with Gasteiger partial charge in [0.2, 0.25) is 17.6 Å². The number of nitrogens with zero attached hydrogens (tertiary/aromatic N) is 3. The van der Waals surface area contributed by atoms with Crippen LogP contribution in [-0.4, -0.2) is 28.4 Å². The zero-order valence-corrected chi connectivity index (χ0v) is 22.6. The van der Waals surface area contributed by atoms with Crippen LogP contribution in [0.15, 0.2) is 59.4 Å². The monoisotopic (exact) mass is 521 g/mol. The number of fused-ring (bicyclic) bond motifs is 1. The van der Waals surface area contributed by atoms with Gasteiger partial charge in [0.05, 0.1) is 5.83 Å². The summed E-state index contributed by atoms with van der Waals surface area (Å²) in [6.07, 6.45) is 3.33. The lowest BCUT2D eigenvalue weighted by molar-refractivity contribution is -0.118. The van der Waals surface area contributed by atoms with E-state index < -0.39 is 11.6 Å². The van der Waals surface area contributed by atoms with Crippen LogP contribution >= 0.6 is 0 Å². The van der Waals surface area contributed by atoms with Gasteiger partial charge in [-0.05, 0) is 48.2 Å². The van der Waals surface area contributed by atoms with Crippen molar-refractivity contribution in [2.24, 2.45) is 0 Å². The number of hydrogen-bond donors (Lipinski definition) is 0. The summed E-state index contributed by atoms with van der Waals surface area (Å²) in [4.78, 5) is 19.3. The molecule has 0 saturated carbocycles. The minimum absolute atomic E-state index is 0.0162. The van der Waals surface area contributed by atoms with E-state index in [-0.39, 0.29) is 24.7 Å². The largest absolute Gasteiger partial charge is 0.449 e. The number of hydrogen-bond acceptors (Lipinski definition) is 6. The predicted molar refractivity (Wildman–Crippen MR) is 145 cm³/mol. The fraction of sp³-hybridized carbons (Fsp3) is 0.433. The molecule has 0 atom stereocenters. The van der Waals surface area contributed by atoms with Crippen molar-refractivity contribution < 1.29 is 23.2 Å². The van der Waals surface area contributed by atoms with Crippen LogP contribution in [0.5, 0.6) is 11.5 Å². The number of carbonyl (C=O) groups excluding carboxylic acids is 1. The summed E-state index contributed by atoms with van der Waals surface area (Å²) in [5.74, 6) is 1.66. The van der Waals surface area contributed by atoms with Crippen LogP contribution in [0, 0.1) is 0 Å². The molecule has 0 unspecified atom stereocenters. The van der Waals surface area contributed by atoms with Crippen LogP contribution in [0.25, 0.3) is 11.1 Å². The average Bonchev–Trinajstić information content (AvgIpc) is 3.47. The molecule has 0 aliphatic carbocycles. The Labute approximate surface area is 223 Å². The second-order valence-corrected chi connectivity index (χ2v) is 10.4. The third kappa shape index (κ3) is 7.00. The number of halogens is 1. The van der Waals surface area contributed by atoms with Crippen molar-refractivity contribution in [3.63, 3.8) is 0 Å². The molecule has 7 nitrogen and oxygen atoms in total. The number of ether oxygens (including phenoxy) is 2. The maximum atomic E-state index is 13.3. The van der Waals surface area contributed by atoms with Gasteiger partial charge in [-0.3, -0.25) is 4.79 Å². The molecule has 38 heavy (non-hydrogen) atoms. The SMILES string of the molecule is C=C(F)CCC(=O)N(CCCCCc1nc(C(C)C)no1)c1cccc(-c2ccc3c(c2)OC(C)(C)O3)c1. The molecule has 1 amide bonds. The Morgan fingerprint density at radius 1 is 1.03 bits per heavy atom. The molecule has 1 aliphatic rings. The van der Waals surface area contributed by atoms with Gasteiger partial charge in [0.15, 0.2) is 17.3 Å². The molecular formula is C30H36FN3O4. The van der Waals surface area contributed by atoms with E-state index in [1.165, 1.54) is 0 Å². The molecule has 2 aromatic carbocycles. The number of allylic oxidation sites excluding steroid dienone is 1. The number of rotatable bonds is 12. The number of amides is 1. The number of anilines is 1. The van der Waals surface area contributed by atoms with Crippen molar-refractivity contribution in [2.75, 3.05) is 11.4 Å². The molecule has 0 radical (unpaired) electrons. The molecule has 1 aromatic heterocycles. The molecule has 4 rings (SSSR count). The van der Waals surface area contributed by atoms with Crippen molar-refractivity contribution in [1.82, 2.24) is 10.1 Å². The number of unbranched alkanes of at least 4 members (excludes halogenated alkanes) is 2. The van der Waals surface area contributed by atoms with E-state index in [0.29, 0.717) is 30.4 Å². The molecular weight excluding hydrogens is 485 g/mol. The fourth-order valence-corrected chi connectivity index (χ4v) is 4.36. The van der Waals surface area contributed by atoms with Gasteiger partial charge in [-0.15, -0.1) is 0 Å². The van der Waals surface area contributed by atoms with E-state index in [0.717, 1.165) is 41.9 Å². The molecule has 8 heteroatoms. The molecule has 0 N–H and O–H groups in total. The first-order valence-corrected chi connectivity index (χ1v) is 13.2. The summed E-state index contributed by atoms with van der Waals surface area (Å²) in [6.45, 7) is 11.6. The molecule has 0 bridgehead atoms. The van der Waals surface area contributed by atoms with Gasteiger partial charge in [0.1, 0.15) is 0 Å². The lowest BCUT2D eigenvalue weighted by Crippen LogP contribution is -2.31. The van der Waals surface area contributed by atoms with Gasteiger partial charge in [-0.1, -0.05) is 50.2 Å². The van der Waals surface area contributed by atoms with Crippen molar-refractivity contribution in [3.05, 3.63) is 66.6 Å². The zero-order valence-electron chi connectivity index (χ0n) is 22.6. The van der Waals surface area contributed by atoms with Gasteiger partial charge in [-0.25, -0.2) is 4.39 Å². The third-order valence-electron chi connectivity index (χ3n) is 6.33. The number of benzene rings is 2. The van der Waals surface area contributed by atoms with Crippen LogP contribution in [0.1, 0.15) is 77.4 Å². The Morgan fingerprint density at radius 2 is 1.79 bits per heavy atom. The zero-order chi connectivity index (χ0) is 27.3. The van der Waals surface area contributed by atoms with Crippen LogP contribution in [0.4, 0.5) is 10.1 Å². The van der Waals surface area contributed by atoms with Crippen molar-refractivity contribution in [3.8, 4) is 22.6 Å². The number of aryl methyl sites for hydroxylation is 1. The van der Waals surface area contributed by atoms with Crippen LogP contribution in [0.3, 0.4) is 0 Å². The Balaban J connectivity index is 1.44. The molecule has 0 saturated heterocycles. The topological polar surface area (TPSA) is 77.7 Å². The van der Waals surface area contributed by atoms with Gasteiger partial charge < -0.3 is 18.9 Å². The Bertz CT molecular complexity index is 1280. The minimum atomic E-state index is -0.702. The summed E-state index contributed by atoms with van der Waals surface area (Å²) in [5, 5.41) is 4.01. The number of carbonyl (C=O) groups is 1. The van der Waals surface area contributed by atoms with Crippen LogP contribution < -0.4 is 14.4 Å². The molecule has 1 aliphatic heterocycles. The second-order valence-electron chi connectivity index (χ2n) is 10.4. The van der Waals surface area contributed by atoms with E-state index in [4.69, 9.17) is 14.0 Å². The smallest absolute Gasteiger partial charge is 0.246 e. The molecule has 202 valence electrons. The second kappa shape index (κ2) is 11.8. The quantitative estimate of drug-likeness (QED) is 0.232. The van der Waals surface area contributed by atoms with Gasteiger partial charge >= 0.3 is 0 Å². The fourth-order valence-electron chi connectivity index (χ4n) is 4.36. The van der Waals surface area contributed by atoms with Crippen molar-refractivity contribution in [1.29, 1.82) is 0 Å². The van der Waals surface area contributed by atoms with Gasteiger partial charge in [0, 0.05) is 51.3 Å². The first kappa shape index (κ1) is 27.4. The highest BCUT2D eigenvalue weighted by atomic mass is 19.1. The molecule has 0 spiro atoms. The summed E-state index contributed by atoms with van der Waals surface area (Å²) < 4.78 is 30.4. The molecule has 3 aromatic rings. The van der Waals surface area contributed by atoms with Gasteiger partial charge in [-0.2, -0.15) is 4.98 Å². The minimum Gasteiger partial charge on any atom is -0.449 e. The maximum absolute atomic E-state index is 13.3. The highest BCUT2D eigenvalue weighted by molar-refractivity contribution is 5.94. The van der Waals surface area contributed by atoms with Crippen molar-refractivity contribution >= 4 is 11.6 Å². The predicted octanol–water partition coefficient (Wildman–Crippen LogP) is 7.38. The Hall–Kier alpha value is -3.68. The first-order valence-electron chi connectivity index (χ1n) is 13.2. The average molecular weight is 522 g/mol. The third-order valence-corrected chi connectivity index (χ3v) is 6.33. The Kier molecular flexibility index (Phi) is 8.49. The highest BCUT2D eigenvalue weighted by Crippen LogP contribution is 2.41. The van der Waals surface area contributed by atoms with E-state index in [9.17, 15) is 9.18 Å². The molecule has 2 heterocycles. The first-order chi connectivity index (χ1) is 18.1. The summed E-state index contributed by atoms with van der Waals surface area (Å²) in [7, 11) is 0. The highest BCUT2D eigenvalue weighted by Gasteiger charge is 2.31. The van der Waals surface area contributed by atoms with Crippen molar-refractivity contribution in [2.45, 2.75) is 77.9 Å². The van der Waals surface area contributed by atoms with E-state index >= 15 is 0 Å². The standard InChI is InChI=1S/C30H36FN3O4/c1-20(2)29-32-27(38-33-29)12-7-6-8-17-34(28(35)16-13-21(3)31)24-11-9-10-22(18-24)23-14-15-25-26(19-23)37-30(4,5)36-25/h9-11,14-15,18-20H,3,6-8,12-13,16-17H2,1-2,4-5H3. The summed E-state index contributed by atoms with van der Waals surface area (Å²) in [5.41, 5.74) is 2.67. The van der Waals surface area contributed by atoms with E-state index in [1.807, 2.05) is 70.2 Å². The lowest BCUT2D eigenvalue weighted by atomic mass is 10.0. The molecule has 0 fully saturated rings. The lowest BCUT2D eigenvalue weighted by Gasteiger charge is -2.24. The number of aromatic nitrogens is 2. The summed E-state index contributed by atoms with van der Waals surface area (Å²) >= 11 is 0. The summed E-state index contributed by atoms with van der Waals surface area (Å²) in [6, 6.07) is 13.6.